The summed E-state index contributed by atoms with van der Waals surface area (Å²) in [4.78, 5) is 4.12. The Balaban J connectivity index is 2.02. The highest BCUT2D eigenvalue weighted by Gasteiger charge is 2.06. The molecule has 94 valence electrons. The molecule has 19 heavy (non-hydrogen) atoms. The number of nitrogens with zero attached hydrogens (tertiary/aromatic N) is 2. The Bertz CT molecular complexity index is 660. The molecular weight excluding hydrogens is 300 g/mol. The first-order valence-corrected chi connectivity index (χ1v) is 6.93. The second-order valence-electron chi connectivity index (χ2n) is 4.41. The van der Waals surface area contributed by atoms with Crippen molar-refractivity contribution in [3.05, 3.63) is 82.9 Å². The van der Waals surface area contributed by atoms with Crippen molar-refractivity contribution in [1.82, 2.24) is 9.55 Å². The summed E-state index contributed by atoms with van der Waals surface area (Å²) in [5.41, 5.74) is 3.76. The van der Waals surface area contributed by atoms with Gasteiger partial charge in [-0.15, -0.1) is 0 Å². The molecule has 0 N–H and O–H groups in total. The van der Waals surface area contributed by atoms with Gasteiger partial charge in [0, 0.05) is 16.9 Å². The Morgan fingerprint density at radius 2 is 1.89 bits per heavy atom. The van der Waals surface area contributed by atoms with Crippen LogP contribution in [0.4, 0.5) is 0 Å². The summed E-state index contributed by atoms with van der Waals surface area (Å²) in [6, 6.07) is 16.9. The van der Waals surface area contributed by atoms with Crippen LogP contribution in [0.15, 0.2) is 71.7 Å². The van der Waals surface area contributed by atoms with Gasteiger partial charge in [-0.3, -0.25) is 0 Å². The van der Waals surface area contributed by atoms with Crippen molar-refractivity contribution >= 4 is 15.9 Å². The zero-order chi connectivity index (χ0) is 13.1. The highest BCUT2D eigenvalue weighted by Crippen LogP contribution is 2.22. The molecule has 0 spiro atoms. The summed E-state index contributed by atoms with van der Waals surface area (Å²) in [5.74, 6) is 0. The van der Waals surface area contributed by atoms with E-state index in [-0.39, 0.29) is 0 Å². The molecule has 1 aromatic heterocycles. The smallest absolute Gasteiger partial charge is 0.0991 e. The van der Waals surface area contributed by atoms with Crippen molar-refractivity contribution in [1.29, 1.82) is 0 Å². The van der Waals surface area contributed by atoms with Gasteiger partial charge in [-0.05, 0) is 29.7 Å². The Labute approximate surface area is 120 Å². The molecule has 0 aliphatic carbocycles. The molecule has 3 heteroatoms. The van der Waals surface area contributed by atoms with E-state index in [1.165, 1.54) is 11.1 Å². The standard InChI is InChI=1S/C16H13BrN2/c17-15-7-6-14(10-13-4-2-1-3-5-13)16(11-15)19-9-8-18-12-19/h1-9,11-12H,10H2. The number of benzene rings is 2. The second kappa shape index (κ2) is 5.41. The molecule has 0 atom stereocenters. The maximum Gasteiger partial charge on any atom is 0.0991 e. The van der Waals surface area contributed by atoms with Crippen LogP contribution in [0.5, 0.6) is 0 Å². The highest BCUT2D eigenvalue weighted by atomic mass is 79.9. The SMILES string of the molecule is Brc1ccc(Cc2ccccc2)c(-n2ccnc2)c1. The summed E-state index contributed by atoms with van der Waals surface area (Å²) in [6.45, 7) is 0. The van der Waals surface area contributed by atoms with Gasteiger partial charge >= 0.3 is 0 Å². The summed E-state index contributed by atoms with van der Waals surface area (Å²) in [7, 11) is 0. The van der Waals surface area contributed by atoms with Crippen LogP contribution in [0, 0.1) is 0 Å². The summed E-state index contributed by atoms with van der Waals surface area (Å²) >= 11 is 3.53. The highest BCUT2D eigenvalue weighted by molar-refractivity contribution is 9.10. The van der Waals surface area contributed by atoms with Crippen LogP contribution < -0.4 is 0 Å². The Hall–Kier alpha value is -1.87. The van der Waals surface area contributed by atoms with Crippen LogP contribution in [-0.2, 0) is 6.42 Å². The molecule has 0 fully saturated rings. The van der Waals surface area contributed by atoms with Crippen LogP contribution in [0.3, 0.4) is 0 Å². The molecule has 1 heterocycles. The minimum atomic E-state index is 0.918. The lowest BCUT2D eigenvalue weighted by molar-refractivity contribution is 1.01. The lowest BCUT2D eigenvalue weighted by atomic mass is 10.0. The molecule has 2 nitrogen and oxygen atoms in total. The third-order valence-corrected chi connectivity index (χ3v) is 3.56. The number of rotatable bonds is 3. The average molecular weight is 313 g/mol. The number of halogens is 1. The van der Waals surface area contributed by atoms with Crippen molar-refractivity contribution in [2.45, 2.75) is 6.42 Å². The molecule has 0 radical (unpaired) electrons. The molecule has 3 rings (SSSR count). The van der Waals surface area contributed by atoms with E-state index in [1.807, 2.05) is 23.2 Å². The fourth-order valence-electron chi connectivity index (χ4n) is 2.14. The molecule has 0 aliphatic rings. The van der Waals surface area contributed by atoms with Crippen LogP contribution in [0.1, 0.15) is 11.1 Å². The first-order chi connectivity index (χ1) is 9.33. The Kier molecular flexibility index (Phi) is 3.47. The number of hydrogen-bond acceptors (Lipinski definition) is 1. The van der Waals surface area contributed by atoms with Crippen molar-refractivity contribution in [2.24, 2.45) is 0 Å². The zero-order valence-electron chi connectivity index (χ0n) is 10.3. The summed E-state index contributed by atoms with van der Waals surface area (Å²) in [6.07, 6.45) is 6.52. The van der Waals surface area contributed by atoms with Crippen molar-refractivity contribution < 1.29 is 0 Å². The van der Waals surface area contributed by atoms with Gasteiger partial charge in [-0.1, -0.05) is 52.3 Å². The van der Waals surface area contributed by atoms with E-state index in [0.717, 1.165) is 16.6 Å². The van der Waals surface area contributed by atoms with Gasteiger partial charge in [0.2, 0.25) is 0 Å². The second-order valence-corrected chi connectivity index (χ2v) is 5.32. The fourth-order valence-corrected chi connectivity index (χ4v) is 2.49. The molecule has 0 aliphatic heterocycles. The predicted molar refractivity (Wildman–Crippen MR) is 80.5 cm³/mol. The van der Waals surface area contributed by atoms with Gasteiger partial charge in [0.1, 0.15) is 0 Å². The van der Waals surface area contributed by atoms with Crippen molar-refractivity contribution in [2.75, 3.05) is 0 Å². The molecule has 0 unspecified atom stereocenters. The molecule has 0 bridgehead atoms. The molecule has 0 saturated heterocycles. The van der Waals surface area contributed by atoms with Crippen LogP contribution in [-0.4, -0.2) is 9.55 Å². The summed E-state index contributed by atoms with van der Waals surface area (Å²) < 4.78 is 3.12. The third kappa shape index (κ3) is 2.76. The summed E-state index contributed by atoms with van der Waals surface area (Å²) in [5, 5.41) is 0. The molecule has 3 aromatic rings. The van der Waals surface area contributed by atoms with Crippen LogP contribution in [0.25, 0.3) is 5.69 Å². The first-order valence-electron chi connectivity index (χ1n) is 6.13. The minimum Gasteiger partial charge on any atom is -0.306 e. The van der Waals surface area contributed by atoms with Gasteiger partial charge in [0.05, 0.1) is 12.0 Å². The average Bonchev–Trinajstić information content (AvgIpc) is 2.96. The monoisotopic (exact) mass is 312 g/mol. The van der Waals surface area contributed by atoms with Crippen LogP contribution in [0.2, 0.25) is 0 Å². The van der Waals surface area contributed by atoms with Crippen molar-refractivity contribution in [3.63, 3.8) is 0 Å². The van der Waals surface area contributed by atoms with E-state index in [4.69, 9.17) is 0 Å². The predicted octanol–water partition coefficient (Wildman–Crippen LogP) is 4.23. The van der Waals surface area contributed by atoms with E-state index in [2.05, 4.69) is 63.4 Å². The molecule has 2 aromatic carbocycles. The van der Waals surface area contributed by atoms with Gasteiger partial charge in [0.15, 0.2) is 0 Å². The Morgan fingerprint density at radius 1 is 1.05 bits per heavy atom. The van der Waals surface area contributed by atoms with Gasteiger partial charge < -0.3 is 4.57 Å². The van der Waals surface area contributed by atoms with Crippen LogP contribution >= 0.6 is 15.9 Å². The molecule has 0 saturated carbocycles. The van der Waals surface area contributed by atoms with E-state index in [1.54, 1.807) is 6.20 Å². The maximum atomic E-state index is 4.12. The number of hydrogen-bond donors (Lipinski definition) is 0. The quantitative estimate of drug-likeness (QED) is 0.708. The van der Waals surface area contributed by atoms with Gasteiger partial charge in [-0.25, -0.2) is 4.98 Å². The topological polar surface area (TPSA) is 17.8 Å². The third-order valence-electron chi connectivity index (χ3n) is 3.07. The Morgan fingerprint density at radius 3 is 2.63 bits per heavy atom. The molecule has 0 amide bonds. The van der Waals surface area contributed by atoms with Crippen molar-refractivity contribution in [3.8, 4) is 5.69 Å². The lowest BCUT2D eigenvalue weighted by Crippen LogP contribution is -1.98. The van der Waals surface area contributed by atoms with E-state index in [0.29, 0.717) is 0 Å². The van der Waals surface area contributed by atoms with Gasteiger partial charge in [-0.2, -0.15) is 0 Å². The van der Waals surface area contributed by atoms with Gasteiger partial charge in [0.25, 0.3) is 0 Å². The van der Waals surface area contributed by atoms with E-state index < -0.39 is 0 Å². The first kappa shape index (κ1) is 12.2. The minimum absolute atomic E-state index is 0.918. The maximum absolute atomic E-state index is 4.12. The van der Waals surface area contributed by atoms with E-state index in [9.17, 15) is 0 Å². The number of imidazole rings is 1. The zero-order valence-corrected chi connectivity index (χ0v) is 11.9. The van der Waals surface area contributed by atoms with E-state index >= 15 is 0 Å². The molecular formula is C16H13BrN2. The largest absolute Gasteiger partial charge is 0.306 e. The number of aromatic nitrogens is 2. The normalized spacial score (nSPS) is 10.6. The fraction of sp³-hybridized carbons (Fsp3) is 0.0625. The lowest BCUT2D eigenvalue weighted by Gasteiger charge is -2.11.